The third-order valence-electron chi connectivity index (χ3n) is 2.57. The quantitative estimate of drug-likeness (QED) is 0.465. The van der Waals surface area contributed by atoms with Gasteiger partial charge in [-0.2, -0.15) is 13.2 Å². The lowest BCUT2D eigenvalue weighted by atomic mass is 9.44. The number of hydrogen-bond donors (Lipinski definition) is 0. The van der Waals surface area contributed by atoms with Crippen LogP contribution in [0.2, 0.25) is 0 Å². The molecule has 3 aliphatic carbocycles. The van der Waals surface area contributed by atoms with Crippen LogP contribution in [-0.4, -0.2) is 9.60 Å². The predicted molar refractivity (Wildman–Crippen MR) is 39.1 cm³/mol. The Morgan fingerprint density at radius 2 is 1.50 bits per heavy atom. The monoisotopic (exact) mass is 262 g/mol. The molecule has 2 bridgehead atoms. The van der Waals surface area contributed by atoms with E-state index in [2.05, 4.69) is 22.6 Å². The van der Waals surface area contributed by atoms with Gasteiger partial charge in [0.2, 0.25) is 0 Å². The highest BCUT2D eigenvalue weighted by Crippen LogP contribution is 2.77. The highest BCUT2D eigenvalue weighted by molar-refractivity contribution is 14.1. The molecule has 0 N–H and O–H groups in total. The van der Waals surface area contributed by atoms with Crippen molar-refractivity contribution in [2.45, 2.75) is 28.9 Å². The fourth-order valence-electron chi connectivity index (χ4n) is 1.96. The Morgan fingerprint density at radius 3 is 1.60 bits per heavy atom. The molecule has 3 rings (SSSR count). The van der Waals surface area contributed by atoms with Gasteiger partial charge in [0.25, 0.3) is 0 Å². The minimum Gasteiger partial charge on any atom is -0.171 e. The number of halogens is 4. The van der Waals surface area contributed by atoms with Crippen molar-refractivity contribution in [1.29, 1.82) is 0 Å². The van der Waals surface area contributed by atoms with Crippen LogP contribution in [0, 0.1) is 5.41 Å². The Morgan fingerprint density at radius 1 is 1.10 bits per heavy atom. The third-order valence-corrected chi connectivity index (χ3v) is 3.71. The average molecular weight is 262 g/mol. The van der Waals surface area contributed by atoms with E-state index in [1.54, 1.807) is 0 Å². The first-order valence-electron chi connectivity index (χ1n) is 3.13. The van der Waals surface area contributed by atoms with Gasteiger partial charge in [-0.15, -0.1) is 0 Å². The van der Waals surface area contributed by atoms with Gasteiger partial charge in [0, 0.05) is 3.42 Å². The molecule has 0 heterocycles. The second-order valence-electron chi connectivity index (χ2n) is 3.46. The summed E-state index contributed by atoms with van der Waals surface area (Å²) < 4.78 is 36.3. The second-order valence-corrected chi connectivity index (χ2v) is 5.75. The summed E-state index contributed by atoms with van der Waals surface area (Å²) in [6, 6.07) is 0. The number of hydrogen-bond acceptors (Lipinski definition) is 0. The molecule has 0 aliphatic heterocycles. The van der Waals surface area contributed by atoms with Crippen LogP contribution >= 0.6 is 22.6 Å². The van der Waals surface area contributed by atoms with Crippen molar-refractivity contribution >= 4 is 22.6 Å². The molecule has 58 valence electrons. The lowest BCUT2D eigenvalue weighted by Crippen LogP contribution is -2.69. The molecule has 0 amide bonds. The molecule has 4 heteroatoms. The Kier molecular flexibility index (Phi) is 1.07. The van der Waals surface area contributed by atoms with Crippen LogP contribution in [0.15, 0.2) is 0 Å². The van der Waals surface area contributed by atoms with Gasteiger partial charge < -0.3 is 0 Å². The Labute approximate surface area is 70.3 Å². The summed E-state index contributed by atoms with van der Waals surface area (Å²) in [4.78, 5) is 0. The molecule has 0 spiro atoms. The summed E-state index contributed by atoms with van der Waals surface area (Å²) in [6.07, 6.45) is -2.84. The van der Waals surface area contributed by atoms with Crippen LogP contribution in [0.4, 0.5) is 13.2 Å². The summed E-state index contributed by atoms with van der Waals surface area (Å²) in [7, 11) is 0. The van der Waals surface area contributed by atoms with Crippen molar-refractivity contribution in [3.8, 4) is 0 Å². The van der Waals surface area contributed by atoms with E-state index in [0.29, 0.717) is 19.3 Å². The standard InChI is InChI=1S/C6H6F3I/c7-6(8,9)4-1-5(10,2-4)3-4/h1-3H2/t4-,5-. The smallest absolute Gasteiger partial charge is 0.171 e. The van der Waals surface area contributed by atoms with Gasteiger partial charge in [0.1, 0.15) is 0 Å². The summed E-state index contributed by atoms with van der Waals surface area (Å²) >= 11 is 2.14. The van der Waals surface area contributed by atoms with E-state index in [1.165, 1.54) is 0 Å². The van der Waals surface area contributed by atoms with Crippen LogP contribution in [0.25, 0.3) is 0 Å². The molecular formula is C6H6F3I. The van der Waals surface area contributed by atoms with Crippen molar-refractivity contribution in [3.63, 3.8) is 0 Å². The Balaban J connectivity index is 2.11. The van der Waals surface area contributed by atoms with Gasteiger partial charge in [-0.3, -0.25) is 0 Å². The van der Waals surface area contributed by atoms with Gasteiger partial charge in [0.15, 0.2) is 0 Å². The van der Waals surface area contributed by atoms with Gasteiger partial charge in [-0.25, -0.2) is 0 Å². The lowest BCUT2D eigenvalue weighted by molar-refractivity contribution is -0.309. The first-order chi connectivity index (χ1) is 4.37. The van der Waals surface area contributed by atoms with Gasteiger partial charge >= 0.3 is 6.18 Å². The topological polar surface area (TPSA) is 0 Å². The van der Waals surface area contributed by atoms with Crippen LogP contribution in [0.3, 0.4) is 0 Å². The largest absolute Gasteiger partial charge is 0.394 e. The molecule has 3 aliphatic rings. The Bertz CT molecular complexity index is 164. The molecule has 0 nitrogen and oxygen atoms in total. The number of alkyl halides is 4. The van der Waals surface area contributed by atoms with Crippen molar-refractivity contribution in [2.24, 2.45) is 5.41 Å². The van der Waals surface area contributed by atoms with Crippen LogP contribution in [-0.2, 0) is 0 Å². The van der Waals surface area contributed by atoms with Crippen LogP contribution in [0.5, 0.6) is 0 Å². The molecule has 0 aromatic carbocycles. The van der Waals surface area contributed by atoms with E-state index in [4.69, 9.17) is 0 Å². The van der Waals surface area contributed by atoms with E-state index in [0.717, 1.165) is 0 Å². The van der Waals surface area contributed by atoms with Crippen LogP contribution < -0.4 is 0 Å². The fourth-order valence-corrected chi connectivity index (χ4v) is 4.15. The normalized spacial score (nSPS) is 51.6. The minimum absolute atomic E-state index is 0.0350. The van der Waals surface area contributed by atoms with Crippen molar-refractivity contribution in [1.82, 2.24) is 0 Å². The highest BCUT2D eigenvalue weighted by atomic mass is 127. The molecule has 10 heavy (non-hydrogen) atoms. The van der Waals surface area contributed by atoms with Crippen molar-refractivity contribution < 1.29 is 13.2 Å². The molecule has 0 radical (unpaired) electrons. The molecule has 3 fully saturated rings. The summed E-state index contributed by atoms with van der Waals surface area (Å²) in [6.45, 7) is 0. The summed E-state index contributed by atoms with van der Waals surface area (Å²) in [5.41, 5.74) is -1.24. The maximum atomic E-state index is 12.1. The maximum absolute atomic E-state index is 12.1. The zero-order chi connectivity index (χ0) is 7.62. The SMILES string of the molecule is FC(F)(F)[C@]12C[C@@](I)(C1)C2. The van der Waals surface area contributed by atoms with E-state index in [9.17, 15) is 13.2 Å². The van der Waals surface area contributed by atoms with E-state index in [1.807, 2.05) is 0 Å². The van der Waals surface area contributed by atoms with E-state index >= 15 is 0 Å². The molecule has 0 saturated heterocycles. The first kappa shape index (κ1) is 7.18. The van der Waals surface area contributed by atoms with E-state index in [-0.39, 0.29) is 3.42 Å². The average Bonchev–Trinajstić information content (AvgIpc) is 1.51. The van der Waals surface area contributed by atoms with Crippen molar-refractivity contribution in [3.05, 3.63) is 0 Å². The fraction of sp³-hybridized carbons (Fsp3) is 1.00. The highest BCUT2D eigenvalue weighted by Gasteiger charge is 2.77. The summed E-state index contributed by atoms with van der Waals surface area (Å²) in [5, 5.41) is 0. The minimum atomic E-state index is -3.93. The van der Waals surface area contributed by atoms with Gasteiger partial charge in [-0.05, 0) is 19.3 Å². The lowest BCUT2D eigenvalue weighted by Gasteiger charge is -2.67. The molecule has 0 atom stereocenters. The Hall–Kier alpha value is 0.520. The van der Waals surface area contributed by atoms with Crippen LogP contribution in [0.1, 0.15) is 19.3 Å². The second kappa shape index (κ2) is 1.49. The zero-order valence-corrected chi connectivity index (χ0v) is 7.29. The van der Waals surface area contributed by atoms with E-state index < -0.39 is 11.6 Å². The van der Waals surface area contributed by atoms with Crippen molar-refractivity contribution in [2.75, 3.05) is 0 Å². The molecule has 3 saturated carbocycles. The third kappa shape index (κ3) is 0.636. The predicted octanol–water partition coefficient (Wildman–Crippen LogP) is 2.91. The molecule has 0 aromatic rings. The van der Waals surface area contributed by atoms with Gasteiger partial charge in [-0.1, -0.05) is 22.6 Å². The molecular weight excluding hydrogens is 256 g/mol. The first-order valence-corrected chi connectivity index (χ1v) is 4.21. The maximum Gasteiger partial charge on any atom is 0.394 e. The summed E-state index contributed by atoms with van der Waals surface area (Å²) in [5.74, 6) is 0. The molecule has 0 unspecified atom stereocenters. The molecule has 0 aromatic heterocycles. The van der Waals surface area contributed by atoms with Gasteiger partial charge in [0.05, 0.1) is 5.41 Å². The zero-order valence-electron chi connectivity index (χ0n) is 5.13. The number of rotatable bonds is 0.